The maximum Gasteiger partial charge on any atom is 0.233 e. The van der Waals surface area contributed by atoms with Crippen LogP contribution in [0.1, 0.15) is 24.8 Å². The van der Waals surface area contributed by atoms with Crippen molar-refractivity contribution < 1.29 is 9.47 Å². The first-order valence-corrected chi connectivity index (χ1v) is 12.8. The molecule has 0 bridgehead atoms. The molecule has 0 amide bonds. The van der Waals surface area contributed by atoms with E-state index < -0.39 is 0 Å². The highest BCUT2D eigenvalue weighted by Gasteiger charge is 2.19. The average Bonchev–Trinajstić information content (AvgIpc) is 2.89. The van der Waals surface area contributed by atoms with Gasteiger partial charge in [0, 0.05) is 18.3 Å². The fourth-order valence-corrected chi connectivity index (χ4v) is 4.56. The van der Waals surface area contributed by atoms with Crippen LogP contribution in [-0.2, 0) is 6.42 Å². The summed E-state index contributed by atoms with van der Waals surface area (Å²) in [5.41, 5.74) is 2.30. The number of halogens is 1. The molecule has 6 nitrogen and oxygen atoms in total. The molecule has 35 heavy (non-hydrogen) atoms. The molecule has 1 N–H and O–H groups in total. The molecule has 1 aromatic heterocycles. The molecule has 0 aliphatic carbocycles. The lowest BCUT2D eigenvalue weighted by Crippen LogP contribution is -2.35. The van der Waals surface area contributed by atoms with Crippen molar-refractivity contribution in [1.82, 2.24) is 14.9 Å². The van der Waals surface area contributed by atoms with E-state index in [1.54, 1.807) is 6.20 Å². The zero-order valence-electron chi connectivity index (χ0n) is 19.8. The molecular weight excluding hydrogens is 504 g/mol. The number of likely N-dealkylation sites (tertiary alicyclic amines) is 1. The Morgan fingerprint density at radius 2 is 1.91 bits per heavy atom. The van der Waals surface area contributed by atoms with Crippen molar-refractivity contribution in [2.45, 2.75) is 25.7 Å². The van der Waals surface area contributed by atoms with E-state index in [1.807, 2.05) is 24.3 Å². The van der Waals surface area contributed by atoms with E-state index in [2.05, 4.69) is 72.4 Å². The molecule has 1 fully saturated rings. The van der Waals surface area contributed by atoms with Crippen LogP contribution in [0.15, 0.2) is 65.3 Å². The molecule has 7 heteroatoms. The molecule has 1 aliphatic rings. The molecular formula is C28H31BrN4O2. The molecule has 0 unspecified atom stereocenters. The number of piperidine rings is 1. The predicted octanol–water partition coefficient (Wildman–Crippen LogP) is 5.72. The van der Waals surface area contributed by atoms with Gasteiger partial charge in [-0.05, 0) is 78.3 Å². The number of terminal acetylenes is 1. The lowest BCUT2D eigenvalue weighted by atomic mass is 9.90. The van der Waals surface area contributed by atoms with E-state index in [0.717, 1.165) is 30.3 Å². The van der Waals surface area contributed by atoms with Crippen LogP contribution in [0.4, 0.5) is 11.6 Å². The van der Waals surface area contributed by atoms with Gasteiger partial charge in [-0.3, -0.25) is 0 Å². The van der Waals surface area contributed by atoms with E-state index >= 15 is 0 Å². The highest BCUT2D eigenvalue weighted by Crippen LogP contribution is 2.25. The van der Waals surface area contributed by atoms with Gasteiger partial charge >= 0.3 is 0 Å². The maximum atomic E-state index is 6.01. The minimum Gasteiger partial charge on any atom is -0.493 e. The number of hydrogen-bond acceptors (Lipinski definition) is 6. The van der Waals surface area contributed by atoms with Crippen LogP contribution < -0.4 is 14.8 Å². The van der Waals surface area contributed by atoms with Gasteiger partial charge in [0.1, 0.15) is 5.75 Å². The zero-order chi connectivity index (χ0) is 24.3. The van der Waals surface area contributed by atoms with Crippen molar-refractivity contribution in [2.24, 2.45) is 5.92 Å². The fourth-order valence-electron chi connectivity index (χ4n) is 4.26. The van der Waals surface area contributed by atoms with Crippen molar-refractivity contribution in [3.05, 3.63) is 70.8 Å². The Morgan fingerprint density at radius 1 is 1.09 bits per heavy atom. The van der Waals surface area contributed by atoms with Gasteiger partial charge in [-0.25, -0.2) is 4.98 Å². The summed E-state index contributed by atoms with van der Waals surface area (Å²) in [6.45, 7) is 4.26. The van der Waals surface area contributed by atoms with Crippen molar-refractivity contribution in [3.8, 4) is 24.0 Å². The minimum atomic E-state index is 0.143. The normalized spacial score (nSPS) is 14.3. The highest BCUT2D eigenvalue weighted by molar-refractivity contribution is 9.10. The number of nitrogens with zero attached hydrogens (tertiary/aromatic N) is 3. The smallest absolute Gasteiger partial charge is 0.233 e. The molecule has 0 radical (unpaired) electrons. The molecule has 0 spiro atoms. The standard InChI is InChI=1S/C28H31BrN4O2/c1-2-17-35-27-26(29)21-30-28(32-27)31-24-10-6-11-25(20-24)34-18-7-14-33-15-12-23(13-16-33)19-22-8-4-3-5-9-22/h1,3-6,8-11,20-21,23H,7,12-19H2,(H,30,31,32). The van der Waals surface area contributed by atoms with Crippen LogP contribution in [0.25, 0.3) is 0 Å². The van der Waals surface area contributed by atoms with Crippen LogP contribution >= 0.6 is 15.9 Å². The Bertz CT molecular complexity index is 1110. The Kier molecular flexibility index (Phi) is 9.39. The third-order valence-corrected chi connectivity index (χ3v) is 6.60. The zero-order valence-corrected chi connectivity index (χ0v) is 21.4. The van der Waals surface area contributed by atoms with Gasteiger partial charge in [-0.2, -0.15) is 4.98 Å². The minimum absolute atomic E-state index is 0.143. The van der Waals surface area contributed by atoms with Crippen molar-refractivity contribution in [3.63, 3.8) is 0 Å². The number of anilines is 2. The SMILES string of the molecule is C#CCOc1nc(Nc2cccc(OCCCN3CCC(Cc4ccccc4)CC3)c2)ncc1Br. The summed E-state index contributed by atoms with van der Waals surface area (Å²) < 4.78 is 12.1. The summed E-state index contributed by atoms with van der Waals surface area (Å²) in [4.78, 5) is 11.2. The van der Waals surface area contributed by atoms with Crippen LogP contribution in [0, 0.1) is 18.3 Å². The predicted molar refractivity (Wildman–Crippen MR) is 143 cm³/mol. The van der Waals surface area contributed by atoms with E-state index in [0.29, 0.717) is 22.9 Å². The topological polar surface area (TPSA) is 59.5 Å². The van der Waals surface area contributed by atoms with Gasteiger partial charge in [0.15, 0.2) is 6.61 Å². The first-order chi connectivity index (χ1) is 17.2. The summed E-state index contributed by atoms with van der Waals surface area (Å²) >= 11 is 3.37. The maximum absolute atomic E-state index is 6.01. The van der Waals surface area contributed by atoms with Crippen LogP contribution in [0.3, 0.4) is 0 Å². The van der Waals surface area contributed by atoms with E-state index in [9.17, 15) is 0 Å². The van der Waals surface area contributed by atoms with Crippen LogP contribution in [-0.4, -0.2) is 47.7 Å². The molecule has 2 aromatic carbocycles. The monoisotopic (exact) mass is 534 g/mol. The number of ether oxygens (including phenoxy) is 2. The van der Waals surface area contributed by atoms with E-state index in [4.69, 9.17) is 15.9 Å². The Balaban J connectivity index is 1.18. The fraction of sp³-hybridized carbons (Fsp3) is 0.357. The summed E-state index contributed by atoms with van der Waals surface area (Å²) in [7, 11) is 0. The molecule has 0 saturated carbocycles. The lowest BCUT2D eigenvalue weighted by molar-refractivity contribution is 0.170. The lowest BCUT2D eigenvalue weighted by Gasteiger charge is -2.32. The van der Waals surface area contributed by atoms with Gasteiger partial charge in [0.25, 0.3) is 0 Å². The number of aromatic nitrogens is 2. The third kappa shape index (κ3) is 7.98. The summed E-state index contributed by atoms with van der Waals surface area (Å²) in [5, 5.41) is 3.19. The Labute approximate surface area is 216 Å². The Hall–Kier alpha value is -3.08. The van der Waals surface area contributed by atoms with E-state index in [-0.39, 0.29) is 6.61 Å². The molecule has 3 aromatic rings. The third-order valence-electron chi connectivity index (χ3n) is 6.06. The Morgan fingerprint density at radius 3 is 2.71 bits per heavy atom. The van der Waals surface area contributed by atoms with Crippen LogP contribution in [0.5, 0.6) is 11.6 Å². The summed E-state index contributed by atoms with van der Waals surface area (Å²) in [6.07, 6.45) is 11.7. The number of hydrogen-bond donors (Lipinski definition) is 1. The van der Waals surface area contributed by atoms with Crippen LogP contribution in [0.2, 0.25) is 0 Å². The van der Waals surface area contributed by atoms with E-state index in [1.165, 1.54) is 37.9 Å². The summed E-state index contributed by atoms with van der Waals surface area (Å²) in [5.74, 6) is 4.87. The first kappa shape index (κ1) is 25.0. The first-order valence-electron chi connectivity index (χ1n) is 12.0. The van der Waals surface area contributed by atoms with Gasteiger partial charge in [0.2, 0.25) is 11.8 Å². The number of benzene rings is 2. The van der Waals surface area contributed by atoms with Crippen molar-refractivity contribution in [2.75, 3.05) is 38.2 Å². The number of nitrogens with one attached hydrogen (secondary N) is 1. The van der Waals surface area contributed by atoms with Gasteiger partial charge < -0.3 is 19.7 Å². The van der Waals surface area contributed by atoms with Crippen molar-refractivity contribution in [1.29, 1.82) is 0 Å². The van der Waals surface area contributed by atoms with Crippen molar-refractivity contribution >= 4 is 27.6 Å². The second-order valence-corrected chi connectivity index (χ2v) is 9.52. The average molecular weight is 535 g/mol. The molecule has 182 valence electrons. The molecule has 4 rings (SSSR count). The quantitative estimate of drug-likeness (QED) is 0.251. The number of rotatable bonds is 11. The largest absolute Gasteiger partial charge is 0.493 e. The second-order valence-electron chi connectivity index (χ2n) is 8.67. The summed E-state index contributed by atoms with van der Waals surface area (Å²) in [6, 6.07) is 18.7. The van der Waals surface area contributed by atoms with Gasteiger partial charge in [-0.1, -0.05) is 42.3 Å². The van der Waals surface area contributed by atoms with Gasteiger partial charge in [-0.15, -0.1) is 6.42 Å². The molecule has 0 atom stereocenters. The molecule has 2 heterocycles. The highest BCUT2D eigenvalue weighted by atomic mass is 79.9. The molecule has 1 saturated heterocycles. The second kappa shape index (κ2) is 13.1. The van der Waals surface area contributed by atoms with Gasteiger partial charge in [0.05, 0.1) is 17.3 Å². The molecule has 1 aliphatic heterocycles.